The number of fused-ring (bicyclic) bond motifs is 1. The first kappa shape index (κ1) is 22.0. The second kappa shape index (κ2) is 7.92. The summed E-state index contributed by atoms with van der Waals surface area (Å²) in [5, 5.41) is 10.8. The van der Waals surface area contributed by atoms with Gasteiger partial charge in [0.2, 0.25) is 5.82 Å². The van der Waals surface area contributed by atoms with Crippen LogP contribution in [-0.2, 0) is 17.9 Å². The van der Waals surface area contributed by atoms with Crippen LogP contribution in [0.15, 0.2) is 30.6 Å². The van der Waals surface area contributed by atoms with Crippen LogP contribution in [0.4, 0.5) is 23.4 Å². The minimum atomic E-state index is -2.77. The van der Waals surface area contributed by atoms with Crippen LogP contribution in [0, 0.1) is 11.6 Å². The van der Waals surface area contributed by atoms with Gasteiger partial charge in [-0.05, 0) is 12.5 Å². The van der Waals surface area contributed by atoms with E-state index in [1.54, 1.807) is 0 Å². The molecule has 1 aromatic carbocycles. The van der Waals surface area contributed by atoms with Gasteiger partial charge in [0.1, 0.15) is 18.2 Å². The van der Waals surface area contributed by atoms with E-state index >= 15 is 0 Å². The number of carbonyl (C=O) groups is 2. The number of hydrogen-bond acceptors (Lipinski definition) is 5. The Kier molecular flexibility index (Phi) is 5.14. The van der Waals surface area contributed by atoms with E-state index < -0.39 is 41.3 Å². The van der Waals surface area contributed by atoms with E-state index in [9.17, 15) is 27.2 Å². The summed E-state index contributed by atoms with van der Waals surface area (Å²) < 4.78 is 56.7. The summed E-state index contributed by atoms with van der Waals surface area (Å²) in [7, 11) is 1.48. The molecule has 0 unspecified atom stereocenters. The van der Waals surface area contributed by atoms with Gasteiger partial charge in [-0.1, -0.05) is 12.1 Å². The topological polar surface area (TPSA) is 97.9 Å². The summed E-state index contributed by atoms with van der Waals surface area (Å²) >= 11 is 0. The molecule has 5 rings (SSSR count). The average Bonchev–Trinajstić information content (AvgIpc) is 3.15. The number of aryl methyl sites for hydroxylation is 1. The van der Waals surface area contributed by atoms with E-state index in [1.807, 2.05) is 0 Å². The Morgan fingerprint density at radius 1 is 1.26 bits per heavy atom. The minimum absolute atomic E-state index is 0.0372. The van der Waals surface area contributed by atoms with E-state index in [0.717, 1.165) is 6.07 Å². The van der Waals surface area contributed by atoms with Gasteiger partial charge in [0.15, 0.2) is 11.6 Å². The molecular formula is C21H19F4N7O2. The molecule has 9 nitrogen and oxygen atoms in total. The lowest BCUT2D eigenvalue weighted by molar-refractivity contribution is -0.120. The van der Waals surface area contributed by atoms with Crippen LogP contribution in [0.25, 0.3) is 0 Å². The molecule has 1 aliphatic carbocycles. The van der Waals surface area contributed by atoms with Crippen LogP contribution in [0.1, 0.15) is 40.6 Å². The Hall–Kier alpha value is -3.77. The Morgan fingerprint density at radius 2 is 2.03 bits per heavy atom. The summed E-state index contributed by atoms with van der Waals surface area (Å²) in [6.07, 6.45) is 1.12. The van der Waals surface area contributed by atoms with Gasteiger partial charge in [0.05, 0.1) is 18.2 Å². The zero-order chi connectivity index (χ0) is 24.2. The summed E-state index contributed by atoms with van der Waals surface area (Å²) in [4.78, 5) is 30.7. The largest absolute Gasteiger partial charge is 0.337 e. The number of benzene rings is 1. The van der Waals surface area contributed by atoms with Gasteiger partial charge < -0.3 is 5.32 Å². The first-order valence-corrected chi connectivity index (χ1v) is 10.5. The molecule has 3 aromatic rings. The number of nitrogens with one attached hydrogen (secondary N) is 1. The molecule has 2 aromatic heterocycles. The molecule has 178 valence electrons. The van der Waals surface area contributed by atoms with E-state index in [2.05, 4.69) is 20.5 Å². The first-order valence-electron chi connectivity index (χ1n) is 10.5. The zero-order valence-corrected chi connectivity index (χ0v) is 17.9. The Labute approximate surface area is 190 Å². The van der Waals surface area contributed by atoms with Crippen molar-refractivity contribution in [3.8, 4) is 0 Å². The van der Waals surface area contributed by atoms with Crippen molar-refractivity contribution in [1.82, 2.24) is 29.9 Å². The van der Waals surface area contributed by atoms with Crippen molar-refractivity contribution in [1.29, 1.82) is 0 Å². The van der Waals surface area contributed by atoms with Crippen molar-refractivity contribution in [3.63, 3.8) is 0 Å². The summed E-state index contributed by atoms with van der Waals surface area (Å²) in [6, 6.07) is 4.30. The molecule has 3 heterocycles. The van der Waals surface area contributed by atoms with Crippen molar-refractivity contribution >= 4 is 17.6 Å². The van der Waals surface area contributed by atoms with E-state index in [-0.39, 0.29) is 43.0 Å². The van der Waals surface area contributed by atoms with Crippen LogP contribution < -0.4 is 10.2 Å². The standard InChI is InChI=1S/C21H19F4N7O2/c1-30-16-7-15(12-8-21(12,24)25)28-32(16)6-5-14(20(30)34)27-19(33)18-26-10-31(29-18)9-11-3-2-4-13(22)17(11)23/h2-4,7,10,12,14H,5-6,8-9H2,1H3,(H,27,33)/t12-,14-/m0/s1. The highest BCUT2D eigenvalue weighted by molar-refractivity contribution is 6.00. The van der Waals surface area contributed by atoms with Gasteiger partial charge in [-0.25, -0.2) is 31.9 Å². The number of halogens is 4. The Bertz CT molecular complexity index is 1290. The zero-order valence-electron chi connectivity index (χ0n) is 17.9. The fourth-order valence-electron chi connectivity index (χ4n) is 3.96. The lowest BCUT2D eigenvalue weighted by Crippen LogP contribution is -2.47. The molecule has 34 heavy (non-hydrogen) atoms. The quantitative estimate of drug-likeness (QED) is 0.568. The summed E-state index contributed by atoms with van der Waals surface area (Å²) in [5.41, 5.74) is 0.279. The SMILES string of the molecule is CN1C(=O)[C@@H](NC(=O)c2ncn(Cc3cccc(F)c3F)n2)CCn2nc([C@@H]3CC3(F)F)cc21. The Morgan fingerprint density at radius 3 is 2.76 bits per heavy atom. The molecule has 1 aliphatic heterocycles. The minimum Gasteiger partial charge on any atom is -0.337 e. The van der Waals surface area contributed by atoms with E-state index in [1.165, 1.54) is 45.8 Å². The molecule has 0 saturated heterocycles. The number of nitrogens with zero attached hydrogens (tertiary/aromatic N) is 6. The van der Waals surface area contributed by atoms with Crippen molar-refractivity contribution in [2.45, 2.75) is 43.8 Å². The summed E-state index contributed by atoms with van der Waals surface area (Å²) in [6.45, 7) is 0.0911. The third-order valence-corrected chi connectivity index (χ3v) is 5.97. The molecule has 0 bridgehead atoms. The van der Waals surface area contributed by atoms with Crippen molar-refractivity contribution in [2.75, 3.05) is 11.9 Å². The van der Waals surface area contributed by atoms with Crippen LogP contribution in [0.2, 0.25) is 0 Å². The van der Waals surface area contributed by atoms with Crippen molar-refractivity contribution < 1.29 is 27.2 Å². The average molecular weight is 477 g/mol. The first-order chi connectivity index (χ1) is 16.1. The maximum absolute atomic E-state index is 13.9. The predicted molar refractivity (Wildman–Crippen MR) is 109 cm³/mol. The molecule has 2 amide bonds. The number of amides is 2. The number of aromatic nitrogens is 5. The van der Waals surface area contributed by atoms with Gasteiger partial charge in [0.25, 0.3) is 17.7 Å². The van der Waals surface area contributed by atoms with Crippen LogP contribution >= 0.6 is 0 Å². The van der Waals surface area contributed by atoms with Crippen molar-refractivity contribution in [2.24, 2.45) is 0 Å². The molecular weight excluding hydrogens is 458 g/mol. The molecule has 13 heteroatoms. The second-order valence-corrected chi connectivity index (χ2v) is 8.36. The smallest absolute Gasteiger partial charge is 0.291 e. The number of carbonyl (C=O) groups excluding carboxylic acids is 2. The van der Waals surface area contributed by atoms with Crippen LogP contribution in [0.3, 0.4) is 0 Å². The monoisotopic (exact) mass is 477 g/mol. The molecule has 2 atom stereocenters. The Balaban J connectivity index is 1.26. The van der Waals surface area contributed by atoms with Crippen LogP contribution in [0.5, 0.6) is 0 Å². The number of rotatable bonds is 5. The molecule has 1 N–H and O–H groups in total. The maximum Gasteiger partial charge on any atom is 0.291 e. The second-order valence-electron chi connectivity index (χ2n) is 8.36. The van der Waals surface area contributed by atoms with E-state index in [0.29, 0.717) is 5.82 Å². The van der Waals surface area contributed by atoms with Gasteiger partial charge in [-0.15, -0.1) is 5.10 Å². The molecule has 0 spiro atoms. The molecule has 1 fully saturated rings. The number of likely N-dealkylation sites (N-methyl/N-ethyl adjacent to an activating group) is 1. The van der Waals surface area contributed by atoms with Gasteiger partial charge in [-0.3, -0.25) is 14.5 Å². The summed E-state index contributed by atoms with van der Waals surface area (Å²) in [5.74, 6) is -6.74. The highest BCUT2D eigenvalue weighted by Crippen LogP contribution is 2.55. The third kappa shape index (κ3) is 3.90. The third-order valence-electron chi connectivity index (χ3n) is 5.97. The van der Waals surface area contributed by atoms with Gasteiger partial charge in [0, 0.05) is 31.6 Å². The maximum atomic E-state index is 13.9. The predicted octanol–water partition coefficient (Wildman–Crippen LogP) is 2.09. The fourth-order valence-corrected chi connectivity index (χ4v) is 3.96. The van der Waals surface area contributed by atoms with Gasteiger partial charge in [-0.2, -0.15) is 5.10 Å². The van der Waals surface area contributed by atoms with Crippen LogP contribution in [-0.4, -0.2) is 55.4 Å². The number of hydrogen-bond donors (Lipinski definition) is 1. The highest BCUT2D eigenvalue weighted by atomic mass is 19.3. The van der Waals surface area contributed by atoms with Gasteiger partial charge >= 0.3 is 0 Å². The molecule has 0 radical (unpaired) electrons. The van der Waals surface area contributed by atoms with E-state index in [4.69, 9.17) is 0 Å². The lowest BCUT2D eigenvalue weighted by Gasteiger charge is -2.19. The number of alkyl halides is 2. The van der Waals surface area contributed by atoms with Crippen molar-refractivity contribution in [3.05, 3.63) is 59.3 Å². The fraction of sp³-hybridized carbons (Fsp3) is 0.381. The molecule has 2 aliphatic rings. The lowest BCUT2D eigenvalue weighted by atomic mass is 10.2. The normalized spacial score (nSPS) is 21.2. The number of anilines is 1. The highest BCUT2D eigenvalue weighted by Gasteiger charge is 2.59. The molecule has 1 saturated carbocycles.